The number of benzene rings is 1. The van der Waals surface area contributed by atoms with Gasteiger partial charge in [-0.25, -0.2) is 4.79 Å². The second kappa shape index (κ2) is 5.01. The second-order valence-corrected chi connectivity index (χ2v) is 3.79. The van der Waals surface area contributed by atoms with Crippen molar-refractivity contribution in [2.24, 2.45) is 0 Å². The maximum Gasteiger partial charge on any atom is 0.374 e. The van der Waals surface area contributed by atoms with Crippen molar-refractivity contribution in [3.8, 4) is 5.75 Å². The number of nitrogen functional groups attached to an aromatic ring is 1. The monoisotopic (exact) mass is 263 g/mol. The van der Waals surface area contributed by atoms with E-state index in [1.165, 1.54) is 19.2 Å². The molecule has 0 atom stereocenters. The lowest BCUT2D eigenvalue weighted by Crippen LogP contribution is -2.10. The van der Waals surface area contributed by atoms with E-state index in [0.29, 0.717) is 5.75 Å². The lowest BCUT2D eigenvalue weighted by Gasteiger charge is -2.06. The van der Waals surface area contributed by atoms with Gasteiger partial charge in [-0.2, -0.15) is 0 Å². The molecule has 2 aromatic rings. The number of nitrogens with two attached hydrogens (primary N) is 1. The molecule has 0 saturated heterocycles. The first-order valence-corrected chi connectivity index (χ1v) is 5.65. The van der Waals surface area contributed by atoms with Gasteiger partial charge in [-0.3, -0.25) is 4.79 Å². The predicted octanol–water partition coefficient (Wildman–Crippen LogP) is 1.56. The molecule has 0 unspecified atom stereocenters. The molecular formula is C13H13NO5. The van der Waals surface area contributed by atoms with Crippen molar-refractivity contribution in [3.63, 3.8) is 0 Å². The molecular weight excluding hydrogens is 250 g/mol. The Bertz CT molecular complexity index is 689. The van der Waals surface area contributed by atoms with Gasteiger partial charge in [-0.1, -0.05) is 0 Å². The summed E-state index contributed by atoms with van der Waals surface area (Å²) in [6.07, 6.45) is 0. The molecule has 0 saturated carbocycles. The topological polar surface area (TPSA) is 91.8 Å². The van der Waals surface area contributed by atoms with Crippen molar-refractivity contribution < 1.29 is 18.7 Å². The number of methoxy groups -OCH3 is 1. The van der Waals surface area contributed by atoms with Crippen molar-refractivity contribution in [2.75, 3.05) is 19.5 Å². The Kier molecular flexibility index (Phi) is 3.41. The third-order valence-corrected chi connectivity index (χ3v) is 2.54. The van der Waals surface area contributed by atoms with Crippen LogP contribution in [0.2, 0.25) is 0 Å². The number of esters is 1. The number of carbonyl (C=O) groups is 1. The molecule has 6 heteroatoms. The van der Waals surface area contributed by atoms with Gasteiger partial charge in [-0.15, -0.1) is 0 Å². The number of ether oxygens (including phenoxy) is 2. The van der Waals surface area contributed by atoms with Crippen molar-refractivity contribution in [2.45, 2.75) is 6.92 Å². The van der Waals surface area contributed by atoms with Crippen molar-refractivity contribution in [1.29, 1.82) is 0 Å². The van der Waals surface area contributed by atoms with Gasteiger partial charge >= 0.3 is 5.97 Å². The Hall–Kier alpha value is -2.50. The smallest absolute Gasteiger partial charge is 0.374 e. The zero-order chi connectivity index (χ0) is 14.0. The summed E-state index contributed by atoms with van der Waals surface area (Å²) in [5.41, 5.74) is 5.77. The van der Waals surface area contributed by atoms with E-state index in [1.54, 1.807) is 6.92 Å². The van der Waals surface area contributed by atoms with Gasteiger partial charge < -0.3 is 19.6 Å². The maximum atomic E-state index is 11.9. The fourth-order valence-corrected chi connectivity index (χ4v) is 1.68. The van der Waals surface area contributed by atoms with Gasteiger partial charge in [0.1, 0.15) is 5.75 Å². The Morgan fingerprint density at radius 3 is 2.74 bits per heavy atom. The van der Waals surface area contributed by atoms with Crippen molar-refractivity contribution >= 4 is 22.6 Å². The van der Waals surface area contributed by atoms with Crippen LogP contribution in [0.5, 0.6) is 5.75 Å². The highest BCUT2D eigenvalue weighted by Crippen LogP contribution is 2.26. The van der Waals surface area contributed by atoms with Crippen LogP contribution in [0, 0.1) is 0 Å². The number of hydrogen-bond acceptors (Lipinski definition) is 6. The molecule has 0 aliphatic heterocycles. The van der Waals surface area contributed by atoms with Crippen LogP contribution in [0.1, 0.15) is 17.5 Å². The van der Waals surface area contributed by atoms with E-state index in [1.807, 2.05) is 0 Å². The summed E-state index contributed by atoms with van der Waals surface area (Å²) in [5, 5.41) is 0.255. The molecule has 0 aliphatic carbocycles. The molecule has 2 rings (SSSR count). The molecule has 6 nitrogen and oxygen atoms in total. The Morgan fingerprint density at radius 1 is 1.37 bits per heavy atom. The molecule has 1 aromatic heterocycles. The van der Waals surface area contributed by atoms with Crippen LogP contribution in [0.4, 0.5) is 5.69 Å². The van der Waals surface area contributed by atoms with Crippen LogP contribution in [0.3, 0.4) is 0 Å². The van der Waals surface area contributed by atoms with Crippen molar-refractivity contribution in [1.82, 2.24) is 0 Å². The Morgan fingerprint density at radius 2 is 2.11 bits per heavy atom. The summed E-state index contributed by atoms with van der Waals surface area (Å²) in [6, 6.07) is 4.10. The number of rotatable bonds is 3. The van der Waals surface area contributed by atoms with E-state index in [9.17, 15) is 9.59 Å². The van der Waals surface area contributed by atoms with Gasteiger partial charge in [0.2, 0.25) is 5.76 Å². The highest BCUT2D eigenvalue weighted by Gasteiger charge is 2.15. The summed E-state index contributed by atoms with van der Waals surface area (Å²) in [6.45, 7) is 1.86. The SMILES string of the molecule is CCOC(=O)c1cc(=O)c2cc(OC)cc(N)c2o1. The molecule has 0 bridgehead atoms. The summed E-state index contributed by atoms with van der Waals surface area (Å²) in [5.74, 6) is -0.422. The first-order chi connectivity index (χ1) is 9.06. The van der Waals surface area contributed by atoms with Crippen LogP contribution in [-0.2, 0) is 4.74 Å². The number of anilines is 1. The molecule has 0 radical (unpaired) electrons. The zero-order valence-electron chi connectivity index (χ0n) is 10.6. The molecule has 0 spiro atoms. The first kappa shape index (κ1) is 12.9. The zero-order valence-corrected chi connectivity index (χ0v) is 10.6. The summed E-state index contributed by atoms with van der Waals surface area (Å²) in [4.78, 5) is 23.5. The van der Waals surface area contributed by atoms with Crippen LogP contribution in [0.25, 0.3) is 11.0 Å². The average molecular weight is 263 g/mol. The Labute approximate surface area is 108 Å². The van der Waals surface area contributed by atoms with Gasteiger partial charge in [0.05, 0.1) is 24.8 Å². The highest BCUT2D eigenvalue weighted by molar-refractivity contribution is 5.93. The molecule has 2 N–H and O–H groups in total. The van der Waals surface area contributed by atoms with E-state index in [2.05, 4.69) is 0 Å². The number of fused-ring (bicyclic) bond motifs is 1. The molecule has 19 heavy (non-hydrogen) atoms. The molecule has 0 fully saturated rings. The molecule has 0 aliphatic rings. The fourth-order valence-electron chi connectivity index (χ4n) is 1.68. The lowest BCUT2D eigenvalue weighted by molar-refractivity contribution is 0.0491. The maximum absolute atomic E-state index is 11.9. The van der Waals surface area contributed by atoms with E-state index in [0.717, 1.165) is 6.07 Å². The van der Waals surface area contributed by atoms with E-state index < -0.39 is 5.97 Å². The standard InChI is InChI=1S/C13H13NO5/c1-3-18-13(16)11-6-10(15)8-4-7(17-2)5-9(14)12(8)19-11/h4-6H,3,14H2,1-2H3. The molecule has 1 heterocycles. The molecule has 1 aromatic carbocycles. The van der Waals surface area contributed by atoms with Crippen LogP contribution in [0.15, 0.2) is 27.4 Å². The second-order valence-electron chi connectivity index (χ2n) is 3.79. The highest BCUT2D eigenvalue weighted by atomic mass is 16.5. The minimum absolute atomic E-state index is 0.149. The van der Waals surface area contributed by atoms with Crippen molar-refractivity contribution in [3.05, 3.63) is 34.2 Å². The first-order valence-electron chi connectivity index (χ1n) is 5.65. The third kappa shape index (κ3) is 2.37. The minimum Gasteiger partial charge on any atom is -0.497 e. The third-order valence-electron chi connectivity index (χ3n) is 2.54. The summed E-state index contributed by atoms with van der Waals surface area (Å²) in [7, 11) is 1.47. The minimum atomic E-state index is -0.697. The van der Waals surface area contributed by atoms with Gasteiger partial charge in [0.25, 0.3) is 0 Å². The van der Waals surface area contributed by atoms with E-state index in [4.69, 9.17) is 19.6 Å². The number of hydrogen-bond donors (Lipinski definition) is 1. The van der Waals surface area contributed by atoms with Gasteiger partial charge in [-0.05, 0) is 13.0 Å². The fraction of sp³-hybridized carbons (Fsp3) is 0.231. The van der Waals surface area contributed by atoms with E-state index >= 15 is 0 Å². The number of carbonyl (C=O) groups excluding carboxylic acids is 1. The average Bonchev–Trinajstić information content (AvgIpc) is 2.39. The van der Waals surface area contributed by atoms with Gasteiger partial charge in [0.15, 0.2) is 11.0 Å². The Balaban J connectivity index is 2.67. The lowest BCUT2D eigenvalue weighted by atomic mass is 10.2. The van der Waals surface area contributed by atoms with Gasteiger partial charge in [0, 0.05) is 12.1 Å². The largest absolute Gasteiger partial charge is 0.497 e. The summed E-state index contributed by atoms with van der Waals surface area (Å²) < 4.78 is 15.1. The molecule has 100 valence electrons. The predicted molar refractivity (Wildman–Crippen MR) is 69.4 cm³/mol. The van der Waals surface area contributed by atoms with Crippen LogP contribution >= 0.6 is 0 Å². The van der Waals surface area contributed by atoms with Crippen LogP contribution in [-0.4, -0.2) is 19.7 Å². The van der Waals surface area contributed by atoms with Crippen LogP contribution < -0.4 is 15.9 Å². The summed E-state index contributed by atoms with van der Waals surface area (Å²) >= 11 is 0. The molecule has 0 amide bonds. The normalized spacial score (nSPS) is 10.4. The van der Waals surface area contributed by atoms with E-state index in [-0.39, 0.29) is 34.5 Å². The quantitative estimate of drug-likeness (QED) is 0.667.